The molecule has 0 spiro atoms. The van der Waals surface area contributed by atoms with Crippen LogP contribution in [0.2, 0.25) is 10.0 Å². The molecule has 0 bridgehead atoms. The van der Waals surface area contributed by atoms with Crippen molar-refractivity contribution >= 4 is 46.7 Å². The van der Waals surface area contributed by atoms with Crippen molar-refractivity contribution in [3.05, 3.63) is 100 Å². The van der Waals surface area contributed by atoms with E-state index < -0.39 is 0 Å². The van der Waals surface area contributed by atoms with Gasteiger partial charge in [-0.1, -0.05) is 59.2 Å². The van der Waals surface area contributed by atoms with Gasteiger partial charge in [-0.2, -0.15) is 11.8 Å². The van der Waals surface area contributed by atoms with Gasteiger partial charge in [-0.05, 0) is 54.1 Å². The topological polar surface area (TPSA) is 38.7 Å². The number of aromatic nitrogens is 3. The first kappa shape index (κ1) is 21.2. The highest BCUT2D eigenvalue weighted by Gasteiger charge is 2.10. The smallest absolute Gasteiger partial charge is 0.179 e. The Balaban J connectivity index is 1.56. The van der Waals surface area contributed by atoms with Crippen molar-refractivity contribution in [1.82, 2.24) is 15.0 Å². The van der Waals surface area contributed by atoms with E-state index in [9.17, 15) is 0 Å². The Hall–Kier alpha value is -2.05. The second kappa shape index (κ2) is 10.3. The minimum Gasteiger partial charge on any atom is -0.253 e. The molecule has 0 fully saturated rings. The SMILES string of the molecule is Clc1ccc(CSCc2cc(Sc3cccc(Cl)c3)nc(-c3ccccn3)n2)cc1. The van der Waals surface area contributed by atoms with Gasteiger partial charge in [-0.25, -0.2) is 9.97 Å². The molecule has 0 saturated heterocycles. The molecule has 150 valence electrons. The molecule has 2 heterocycles. The van der Waals surface area contributed by atoms with Crippen LogP contribution in [0.5, 0.6) is 0 Å². The van der Waals surface area contributed by atoms with E-state index in [1.54, 1.807) is 29.7 Å². The lowest BCUT2D eigenvalue weighted by atomic mass is 10.2. The molecule has 4 aromatic rings. The van der Waals surface area contributed by atoms with E-state index in [0.717, 1.165) is 37.8 Å². The Morgan fingerprint density at radius 2 is 1.63 bits per heavy atom. The van der Waals surface area contributed by atoms with Crippen molar-refractivity contribution in [3.8, 4) is 11.5 Å². The normalized spacial score (nSPS) is 10.9. The molecule has 0 amide bonds. The molecule has 0 N–H and O–H groups in total. The van der Waals surface area contributed by atoms with Crippen LogP contribution >= 0.6 is 46.7 Å². The first-order valence-electron chi connectivity index (χ1n) is 9.21. The number of benzene rings is 2. The van der Waals surface area contributed by atoms with Crippen LogP contribution in [0, 0.1) is 0 Å². The Morgan fingerprint density at radius 1 is 0.767 bits per heavy atom. The summed E-state index contributed by atoms with van der Waals surface area (Å²) < 4.78 is 0. The summed E-state index contributed by atoms with van der Waals surface area (Å²) in [5.74, 6) is 2.29. The molecule has 0 aliphatic heterocycles. The van der Waals surface area contributed by atoms with Gasteiger partial charge in [-0.15, -0.1) is 0 Å². The largest absolute Gasteiger partial charge is 0.253 e. The second-order valence-electron chi connectivity index (χ2n) is 6.41. The van der Waals surface area contributed by atoms with Gasteiger partial charge in [-0.3, -0.25) is 4.98 Å². The van der Waals surface area contributed by atoms with Crippen LogP contribution in [-0.2, 0) is 11.5 Å². The summed E-state index contributed by atoms with van der Waals surface area (Å²) in [6.07, 6.45) is 1.75. The number of hydrogen-bond donors (Lipinski definition) is 0. The van der Waals surface area contributed by atoms with Crippen molar-refractivity contribution in [1.29, 1.82) is 0 Å². The molecule has 0 atom stereocenters. The number of nitrogens with zero attached hydrogens (tertiary/aromatic N) is 3. The lowest BCUT2D eigenvalue weighted by molar-refractivity contribution is 0.997. The van der Waals surface area contributed by atoms with Crippen LogP contribution in [0.3, 0.4) is 0 Å². The van der Waals surface area contributed by atoms with Crippen LogP contribution in [0.25, 0.3) is 11.5 Å². The summed E-state index contributed by atoms with van der Waals surface area (Å²) >= 11 is 15.5. The average molecular weight is 470 g/mol. The summed E-state index contributed by atoms with van der Waals surface area (Å²) in [7, 11) is 0. The first-order chi connectivity index (χ1) is 14.7. The predicted molar refractivity (Wildman–Crippen MR) is 127 cm³/mol. The van der Waals surface area contributed by atoms with Gasteiger partial charge < -0.3 is 0 Å². The summed E-state index contributed by atoms with van der Waals surface area (Å²) in [5, 5.41) is 2.33. The third-order valence-corrected chi connectivity index (χ3v) is 6.53. The molecule has 7 heteroatoms. The Morgan fingerprint density at radius 3 is 2.40 bits per heavy atom. The van der Waals surface area contributed by atoms with Gasteiger partial charge in [0.2, 0.25) is 0 Å². The predicted octanol–water partition coefficient (Wildman–Crippen LogP) is 7.43. The second-order valence-corrected chi connectivity index (χ2v) is 9.37. The monoisotopic (exact) mass is 469 g/mol. The molecule has 0 aliphatic carbocycles. The number of hydrogen-bond acceptors (Lipinski definition) is 5. The maximum absolute atomic E-state index is 6.14. The fourth-order valence-electron chi connectivity index (χ4n) is 2.71. The van der Waals surface area contributed by atoms with Gasteiger partial charge in [0.25, 0.3) is 0 Å². The Bertz CT molecular complexity index is 1120. The summed E-state index contributed by atoms with van der Waals surface area (Å²) in [5.41, 5.74) is 2.96. The number of pyridine rings is 1. The Labute approximate surface area is 194 Å². The molecule has 4 rings (SSSR count). The van der Waals surface area contributed by atoms with E-state index in [0.29, 0.717) is 10.8 Å². The molecule has 0 radical (unpaired) electrons. The molecule has 0 saturated carbocycles. The van der Waals surface area contributed by atoms with E-state index in [-0.39, 0.29) is 0 Å². The molecular weight excluding hydrogens is 453 g/mol. The zero-order valence-corrected chi connectivity index (χ0v) is 19.0. The van der Waals surface area contributed by atoms with Gasteiger partial charge >= 0.3 is 0 Å². The van der Waals surface area contributed by atoms with E-state index in [1.807, 2.05) is 60.7 Å². The minimum atomic E-state index is 0.629. The maximum atomic E-state index is 6.14. The number of halogens is 2. The highest BCUT2D eigenvalue weighted by Crippen LogP contribution is 2.30. The van der Waals surface area contributed by atoms with Crippen LogP contribution in [0.15, 0.2) is 88.9 Å². The summed E-state index contributed by atoms with van der Waals surface area (Å²) in [6.45, 7) is 0. The van der Waals surface area contributed by atoms with Gasteiger partial charge in [0, 0.05) is 32.6 Å². The fraction of sp³-hybridized carbons (Fsp3) is 0.0870. The molecule has 0 unspecified atom stereocenters. The van der Waals surface area contributed by atoms with E-state index in [2.05, 4.69) is 17.1 Å². The quantitative estimate of drug-likeness (QED) is 0.263. The average Bonchev–Trinajstić information content (AvgIpc) is 2.76. The molecule has 0 aliphatic rings. The zero-order chi connectivity index (χ0) is 20.8. The lowest BCUT2D eigenvalue weighted by Crippen LogP contribution is -1.98. The van der Waals surface area contributed by atoms with E-state index in [4.69, 9.17) is 33.2 Å². The molecule has 2 aromatic carbocycles. The molecule has 2 aromatic heterocycles. The van der Waals surface area contributed by atoms with Gasteiger partial charge in [0.1, 0.15) is 10.7 Å². The third kappa shape index (κ3) is 5.99. The van der Waals surface area contributed by atoms with E-state index >= 15 is 0 Å². The van der Waals surface area contributed by atoms with Crippen molar-refractivity contribution in [3.63, 3.8) is 0 Å². The van der Waals surface area contributed by atoms with Crippen molar-refractivity contribution in [2.45, 2.75) is 21.4 Å². The fourth-order valence-corrected chi connectivity index (χ4v) is 4.88. The third-order valence-electron chi connectivity index (χ3n) is 4.10. The molecule has 30 heavy (non-hydrogen) atoms. The van der Waals surface area contributed by atoms with E-state index in [1.165, 1.54) is 5.56 Å². The van der Waals surface area contributed by atoms with Gasteiger partial charge in [0.15, 0.2) is 5.82 Å². The van der Waals surface area contributed by atoms with Crippen molar-refractivity contribution < 1.29 is 0 Å². The highest BCUT2D eigenvalue weighted by atomic mass is 35.5. The maximum Gasteiger partial charge on any atom is 0.179 e. The zero-order valence-electron chi connectivity index (χ0n) is 15.8. The summed E-state index contributed by atoms with van der Waals surface area (Å²) in [4.78, 5) is 14.9. The van der Waals surface area contributed by atoms with Crippen molar-refractivity contribution in [2.75, 3.05) is 0 Å². The molecule has 3 nitrogen and oxygen atoms in total. The lowest BCUT2D eigenvalue weighted by Gasteiger charge is -2.08. The minimum absolute atomic E-state index is 0.629. The van der Waals surface area contributed by atoms with Crippen molar-refractivity contribution in [2.24, 2.45) is 0 Å². The van der Waals surface area contributed by atoms with Crippen LogP contribution in [0.1, 0.15) is 11.3 Å². The van der Waals surface area contributed by atoms with Crippen LogP contribution in [-0.4, -0.2) is 15.0 Å². The van der Waals surface area contributed by atoms with Crippen LogP contribution < -0.4 is 0 Å². The number of rotatable bonds is 7. The van der Waals surface area contributed by atoms with Gasteiger partial charge in [0.05, 0.1) is 5.69 Å². The Kier molecular flexibility index (Phi) is 7.28. The number of thioether (sulfide) groups is 1. The summed E-state index contributed by atoms with van der Waals surface area (Å²) in [6, 6.07) is 23.5. The first-order valence-corrected chi connectivity index (χ1v) is 11.9. The van der Waals surface area contributed by atoms with Crippen LogP contribution in [0.4, 0.5) is 0 Å². The standard InChI is InChI=1S/C23H17Cl2N3S2/c24-17-9-7-16(8-10-17)14-29-15-19-13-22(30-20-5-3-4-18(25)12-20)28-23(27-19)21-6-1-2-11-26-21/h1-13H,14-15H2. The highest BCUT2D eigenvalue weighted by molar-refractivity contribution is 7.99. The molecular formula is C23H17Cl2N3S2.